The molecule has 124 valence electrons. The standard InChI is InChI=1S/C18H30N2O2/c1-13-11-20(18(22)16-9-5-6-10-16)14(2)12-19(13)17(21)15-7-3-4-8-15/h13-16H,3-12H2,1-2H3/t13-,14-/m0/s1. The van der Waals surface area contributed by atoms with Crippen LogP contribution in [0.3, 0.4) is 0 Å². The van der Waals surface area contributed by atoms with E-state index >= 15 is 0 Å². The van der Waals surface area contributed by atoms with Crippen LogP contribution in [-0.2, 0) is 9.59 Å². The number of carbonyl (C=O) groups excluding carboxylic acids is 2. The highest BCUT2D eigenvalue weighted by Crippen LogP contribution is 2.31. The molecule has 1 saturated heterocycles. The molecule has 0 N–H and O–H groups in total. The average Bonchev–Trinajstić information content (AvgIpc) is 3.20. The fraction of sp³-hybridized carbons (Fsp3) is 0.889. The molecule has 3 aliphatic rings. The van der Waals surface area contributed by atoms with Crippen molar-refractivity contribution in [3.05, 3.63) is 0 Å². The second-order valence-electron chi connectivity index (χ2n) is 7.64. The third-order valence-electron chi connectivity index (χ3n) is 5.96. The van der Waals surface area contributed by atoms with Gasteiger partial charge in [-0.1, -0.05) is 25.7 Å². The zero-order valence-corrected chi connectivity index (χ0v) is 14.1. The van der Waals surface area contributed by atoms with E-state index in [0.717, 1.165) is 38.8 Å². The highest BCUT2D eigenvalue weighted by molar-refractivity contribution is 5.82. The van der Waals surface area contributed by atoms with Crippen molar-refractivity contribution in [3.63, 3.8) is 0 Å². The Morgan fingerprint density at radius 3 is 1.32 bits per heavy atom. The number of hydrogen-bond acceptors (Lipinski definition) is 2. The van der Waals surface area contributed by atoms with Crippen LogP contribution in [0.2, 0.25) is 0 Å². The SMILES string of the molecule is C[C@H]1CN(C(=O)C2CCCC2)[C@@H](C)CN1C(=O)C1CCCC1. The first kappa shape index (κ1) is 15.8. The fourth-order valence-corrected chi connectivity index (χ4v) is 4.56. The van der Waals surface area contributed by atoms with Crippen LogP contribution in [0.1, 0.15) is 65.2 Å². The summed E-state index contributed by atoms with van der Waals surface area (Å²) in [5.41, 5.74) is 0. The minimum absolute atomic E-state index is 0.162. The molecule has 0 aromatic rings. The molecule has 2 amide bonds. The third-order valence-corrected chi connectivity index (χ3v) is 5.96. The molecular weight excluding hydrogens is 276 g/mol. The predicted molar refractivity (Wildman–Crippen MR) is 86.3 cm³/mol. The molecule has 22 heavy (non-hydrogen) atoms. The Labute approximate surface area is 134 Å². The predicted octanol–water partition coefficient (Wildman–Crippen LogP) is 2.81. The summed E-state index contributed by atoms with van der Waals surface area (Å²) in [6, 6.07) is 0.323. The molecule has 2 saturated carbocycles. The van der Waals surface area contributed by atoms with Gasteiger partial charge in [0.05, 0.1) is 0 Å². The van der Waals surface area contributed by atoms with Crippen LogP contribution in [0, 0.1) is 11.8 Å². The van der Waals surface area contributed by atoms with E-state index in [9.17, 15) is 9.59 Å². The maximum absolute atomic E-state index is 12.7. The van der Waals surface area contributed by atoms with Crippen LogP contribution in [0.4, 0.5) is 0 Å². The Balaban J connectivity index is 1.63. The lowest BCUT2D eigenvalue weighted by Crippen LogP contribution is -2.61. The van der Waals surface area contributed by atoms with Gasteiger partial charge in [-0.2, -0.15) is 0 Å². The minimum Gasteiger partial charge on any atom is -0.336 e. The van der Waals surface area contributed by atoms with E-state index in [-0.39, 0.29) is 23.9 Å². The maximum Gasteiger partial charge on any atom is 0.226 e. The van der Waals surface area contributed by atoms with Crippen LogP contribution in [0.25, 0.3) is 0 Å². The first-order valence-electron chi connectivity index (χ1n) is 9.19. The number of nitrogens with zero attached hydrogens (tertiary/aromatic N) is 2. The molecule has 4 heteroatoms. The van der Waals surface area contributed by atoms with E-state index in [4.69, 9.17) is 0 Å². The monoisotopic (exact) mass is 306 g/mol. The van der Waals surface area contributed by atoms with Crippen molar-refractivity contribution >= 4 is 11.8 Å². The van der Waals surface area contributed by atoms with Crippen molar-refractivity contribution in [1.82, 2.24) is 9.80 Å². The minimum atomic E-state index is 0.162. The van der Waals surface area contributed by atoms with Gasteiger partial charge in [-0.3, -0.25) is 9.59 Å². The molecule has 1 heterocycles. The zero-order valence-electron chi connectivity index (χ0n) is 14.1. The number of hydrogen-bond donors (Lipinski definition) is 0. The summed E-state index contributed by atoms with van der Waals surface area (Å²) in [6.07, 6.45) is 9.01. The van der Waals surface area contributed by atoms with E-state index in [2.05, 4.69) is 23.6 Å². The van der Waals surface area contributed by atoms with Gasteiger partial charge in [0.1, 0.15) is 0 Å². The van der Waals surface area contributed by atoms with E-state index < -0.39 is 0 Å². The number of carbonyl (C=O) groups is 2. The fourth-order valence-electron chi connectivity index (χ4n) is 4.56. The Morgan fingerprint density at radius 1 is 0.682 bits per heavy atom. The molecule has 0 radical (unpaired) electrons. The Bertz CT molecular complexity index is 385. The average molecular weight is 306 g/mol. The lowest BCUT2D eigenvalue weighted by atomic mass is 9.99. The summed E-state index contributed by atoms with van der Waals surface area (Å²) < 4.78 is 0. The first-order chi connectivity index (χ1) is 10.6. The molecule has 3 fully saturated rings. The zero-order chi connectivity index (χ0) is 15.7. The van der Waals surface area contributed by atoms with Crippen LogP contribution >= 0.6 is 0 Å². The molecule has 3 rings (SSSR count). The topological polar surface area (TPSA) is 40.6 Å². The van der Waals surface area contributed by atoms with Crippen molar-refractivity contribution in [1.29, 1.82) is 0 Å². The first-order valence-corrected chi connectivity index (χ1v) is 9.19. The van der Waals surface area contributed by atoms with Crippen LogP contribution in [-0.4, -0.2) is 46.8 Å². The van der Waals surface area contributed by atoms with Gasteiger partial charge < -0.3 is 9.80 Å². The van der Waals surface area contributed by atoms with Crippen molar-refractivity contribution in [2.75, 3.05) is 13.1 Å². The second-order valence-corrected chi connectivity index (χ2v) is 7.64. The number of piperazine rings is 1. The molecular formula is C18H30N2O2. The van der Waals surface area contributed by atoms with Crippen molar-refractivity contribution in [2.24, 2.45) is 11.8 Å². The normalized spacial score (nSPS) is 31.0. The molecule has 2 atom stereocenters. The van der Waals surface area contributed by atoms with Gasteiger partial charge in [0.15, 0.2) is 0 Å². The molecule has 2 aliphatic carbocycles. The molecule has 0 spiro atoms. The van der Waals surface area contributed by atoms with Gasteiger partial charge in [-0.25, -0.2) is 0 Å². The van der Waals surface area contributed by atoms with Crippen LogP contribution in [0.5, 0.6) is 0 Å². The molecule has 0 aromatic heterocycles. The van der Waals surface area contributed by atoms with Gasteiger partial charge in [-0.15, -0.1) is 0 Å². The lowest BCUT2D eigenvalue weighted by molar-refractivity contribution is -0.150. The maximum atomic E-state index is 12.7. The Morgan fingerprint density at radius 2 is 1.00 bits per heavy atom. The van der Waals surface area contributed by atoms with Gasteiger partial charge in [-0.05, 0) is 39.5 Å². The molecule has 0 aromatic carbocycles. The quantitative estimate of drug-likeness (QED) is 0.787. The summed E-state index contributed by atoms with van der Waals surface area (Å²) in [4.78, 5) is 29.5. The molecule has 0 unspecified atom stereocenters. The number of rotatable bonds is 2. The highest BCUT2D eigenvalue weighted by Gasteiger charge is 2.39. The van der Waals surface area contributed by atoms with Crippen molar-refractivity contribution < 1.29 is 9.59 Å². The molecule has 4 nitrogen and oxygen atoms in total. The summed E-state index contributed by atoms with van der Waals surface area (Å²) >= 11 is 0. The Kier molecular flexibility index (Phi) is 4.74. The second kappa shape index (κ2) is 6.59. The summed E-state index contributed by atoms with van der Waals surface area (Å²) in [5, 5.41) is 0. The third kappa shape index (κ3) is 3.02. The van der Waals surface area contributed by atoms with E-state index in [1.54, 1.807) is 0 Å². The Hall–Kier alpha value is -1.06. The van der Waals surface area contributed by atoms with Crippen LogP contribution in [0.15, 0.2) is 0 Å². The largest absolute Gasteiger partial charge is 0.336 e. The molecule has 0 bridgehead atoms. The highest BCUT2D eigenvalue weighted by atomic mass is 16.2. The lowest BCUT2D eigenvalue weighted by Gasteiger charge is -2.45. The summed E-state index contributed by atoms with van der Waals surface area (Å²) in [5.74, 6) is 1.16. The molecule has 1 aliphatic heterocycles. The van der Waals surface area contributed by atoms with Gasteiger partial charge in [0, 0.05) is 37.0 Å². The summed E-state index contributed by atoms with van der Waals surface area (Å²) in [6.45, 7) is 5.64. The van der Waals surface area contributed by atoms with Crippen LogP contribution < -0.4 is 0 Å². The van der Waals surface area contributed by atoms with Gasteiger partial charge in [0.2, 0.25) is 11.8 Å². The number of amides is 2. The smallest absolute Gasteiger partial charge is 0.226 e. The summed E-state index contributed by atoms with van der Waals surface area (Å²) in [7, 11) is 0. The van der Waals surface area contributed by atoms with E-state index in [0.29, 0.717) is 11.8 Å². The van der Waals surface area contributed by atoms with Crippen molar-refractivity contribution in [2.45, 2.75) is 77.3 Å². The van der Waals surface area contributed by atoms with E-state index in [1.807, 2.05) is 0 Å². The van der Waals surface area contributed by atoms with Gasteiger partial charge >= 0.3 is 0 Å². The van der Waals surface area contributed by atoms with Gasteiger partial charge in [0.25, 0.3) is 0 Å². The van der Waals surface area contributed by atoms with E-state index in [1.165, 1.54) is 25.7 Å². The van der Waals surface area contributed by atoms with Crippen molar-refractivity contribution in [3.8, 4) is 0 Å².